The van der Waals surface area contributed by atoms with Crippen molar-refractivity contribution in [2.24, 2.45) is 5.41 Å². The molecule has 1 aromatic carbocycles. The number of fused-ring (bicyclic) bond motifs is 1. The van der Waals surface area contributed by atoms with Gasteiger partial charge >= 0.3 is 5.97 Å². The molecule has 1 atom stereocenters. The van der Waals surface area contributed by atoms with Crippen LogP contribution in [0.5, 0.6) is 5.75 Å². The van der Waals surface area contributed by atoms with Gasteiger partial charge in [-0.3, -0.25) is 9.69 Å². The molecule has 1 saturated heterocycles. The molecule has 0 saturated carbocycles. The van der Waals surface area contributed by atoms with Gasteiger partial charge in [0, 0.05) is 30.1 Å². The maximum atomic E-state index is 11.3. The first-order chi connectivity index (χ1) is 9.48. The molecule has 0 bridgehead atoms. The molecule has 2 heterocycles. The van der Waals surface area contributed by atoms with E-state index in [1.807, 2.05) is 19.1 Å². The van der Waals surface area contributed by atoms with Crippen LogP contribution in [-0.4, -0.2) is 35.7 Å². The molecule has 1 N–H and O–H groups in total. The zero-order valence-electron chi connectivity index (χ0n) is 11.5. The van der Waals surface area contributed by atoms with Crippen LogP contribution in [0.1, 0.15) is 24.5 Å². The number of aliphatic carboxylic acids is 1. The summed E-state index contributed by atoms with van der Waals surface area (Å²) in [6, 6.07) is 3.89. The highest BCUT2D eigenvalue weighted by Crippen LogP contribution is 2.36. The monoisotopic (exact) mass is 295 g/mol. The number of rotatable bonds is 3. The Morgan fingerprint density at radius 3 is 3.05 bits per heavy atom. The number of carbonyl (C=O) groups is 1. The molecule has 1 aromatic rings. The Morgan fingerprint density at radius 1 is 1.55 bits per heavy atom. The lowest BCUT2D eigenvalue weighted by Crippen LogP contribution is -2.31. The molecule has 3 rings (SSSR count). The Kier molecular flexibility index (Phi) is 3.38. The molecule has 0 radical (unpaired) electrons. The molecule has 20 heavy (non-hydrogen) atoms. The highest BCUT2D eigenvalue weighted by molar-refractivity contribution is 6.30. The Morgan fingerprint density at radius 2 is 2.35 bits per heavy atom. The molecule has 2 aliphatic rings. The minimum Gasteiger partial charge on any atom is -0.493 e. The van der Waals surface area contributed by atoms with Crippen LogP contribution in [0.25, 0.3) is 0 Å². The lowest BCUT2D eigenvalue weighted by Gasteiger charge is -2.21. The van der Waals surface area contributed by atoms with E-state index in [0.717, 1.165) is 34.9 Å². The van der Waals surface area contributed by atoms with Crippen LogP contribution in [0.4, 0.5) is 0 Å². The Balaban J connectivity index is 1.78. The largest absolute Gasteiger partial charge is 0.493 e. The third-order valence-corrected chi connectivity index (χ3v) is 4.51. The van der Waals surface area contributed by atoms with Gasteiger partial charge in [0.1, 0.15) is 5.75 Å². The smallest absolute Gasteiger partial charge is 0.310 e. The van der Waals surface area contributed by atoms with Crippen molar-refractivity contribution in [3.8, 4) is 5.75 Å². The summed E-state index contributed by atoms with van der Waals surface area (Å²) in [6.45, 7) is 4.59. The Labute approximate surface area is 123 Å². The van der Waals surface area contributed by atoms with Crippen LogP contribution in [0.3, 0.4) is 0 Å². The number of ether oxygens (including phenoxy) is 1. The van der Waals surface area contributed by atoms with E-state index in [4.69, 9.17) is 16.3 Å². The van der Waals surface area contributed by atoms with Crippen molar-refractivity contribution in [3.05, 3.63) is 28.3 Å². The van der Waals surface area contributed by atoms with Crippen molar-refractivity contribution in [1.82, 2.24) is 4.90 Å². The number of hydrogen-bond acceptors (Lipinski definition) is 3. The Bertz CT molecular complexity index is 560. The minimum atomic E-state index is -0.715. The number of carboxylic acid groups (broad SMARTS) is 1. The van der Waals surface area contributed by atoms with Gasteiger partial charge in [0.25, 0.3) is 0 Å². The summed E-state index contributed by atoms with van der Waals surface area (Å²) in [4.78, 5) is 13.5. The lowest BCUT2D eigenvalue weighted by atomic mass is 9.90. The molecule has 4 nitrogen and oxygen atoms in total. The average molecular weight is 296 g/mol. The maximum absolute atomic E-state index is 11.3. The quantitative estimate of drug-likeness (QED) is 0.931. The number of nitrogens with zero attached hydrogens (tertiary/aromatic N) is 1. The van der Waals surface area contributed by atoms with Crippen LogP contribution in [0.15, 0.2) is 12.1 Å². The van der Waals surface area contributed by atoms with Gasteiger partial charge in [0.2, 0.25) is 0 Å². The van der Waals surface area contributed by atoms with Gasteiger partial charge in [-0.15, -0.1) is 0 Å². The first kappa shape index (κ1) is 13.7. The summed E-state index contributed by atoms with van der Waals surface area (Å²) < 4.78 is 5.69. The van der Waals surface area contributed by atoms with E-state index in [-0.39, 0.29) is 0 Å². The van der Waals surface area contributed by atoms with Gasteiger partial charge in [-0.1, -0.05) is 11.6 Å². The molecule has 5 heteroatoms. The van der Waals surface area contributed by atoms with Gasteiger partial charge in [-0.25, -0.2) is 0 Å². The van der Waals surface area contributed by atoms with Gasteiger partial charge in [-0.05, 0) is 37.6 Å². The summed E-state index contributed by atoms with van der Waals surface area (Å²) in [5, 5.41) is 10.0. The van der Waals surface area contributed by atoms with Crippen molar-refractivity contribution in [2.45, 2.75) is 26.3 Å². The van der Waals surface area contributed by atoms with Crippen molar-refractivity contribution >= 4 is 17.6 Å². The fraction of sp³-hybridized carbons (Fsp3) is 0.533. The number of likely N-dealkylation sites (tertiary alicyclic amines) is 1. The highest BCUT2D eigenvalue weighted by atomic mass is 35.5. The minimum absolute atomic E-state index is 0.573. The number of halogens is 1. The van der Waals surface area contributed by atoms with E-state index in [1.165, 1.54) is 0 Å². The third kappa shape index (κ3) is 2.38. The normalized spacial score (nSPS) is 25.5. The number of hydrogen-bond donors (Lipinski definition) is 1. The molecule has 108 valence electrons. The number of carboxylic acids is 1. The van der Waals surface area contributed by atoms with Crippen LogP contribution >= 0.6 is 11.6 Å². The van der Waals surface area contributed by atoms with E-state index < -0.39 is 11.4 Å². The predicted octanol–water partition coefficient (Wildman–Crippen LogP) is 2.57. The fourth-order valence-electron chi connectivity index (χ4n) is 3.07. The molecule has 1 fully saturated rings. The molecular formula is C15H18ClNO3. The first-order valence-electron chi connectivity index (χ1n) is 6.88. The molecule has 0 aliphatic carbocycles. The summed E-state index contributed by atoms with van der Waals surface area (Å²) in [5.41, 5.74) is 1.59. The summed E-state index contributed by atoms with van der Waals surface area (Å²) in [5.74, 6) is 0.228. The third-order valence-electron chi connectivity index (χ3n) is 4.29. The van der Waals surface area contributed by atoms with Gasteiger partial charge in [-0.2, -0.15) is 0 Å². The number of benzene rings is 1. The molecule has 2 aliphatic heterocycles. The van der Waals surface area contributed by atoms with Crippen LogP contribution in [-0.2, 0) is 17.8 Å². The standard InChI is InChI=1S/C15H18ClNO3/c1-15(14(18)19)3-4-17(9-15)8-11-7-12(16)6-10-2-5-20-13(10)11/h6-7H,2-5,8-9H2,1H3,(H,18,19). The summed E-state index contributed by atoms with van der Waals surface area (Å²) >= 11 is 6.15. The average Bonchev–Trinajstić information content (AvgIpc) is 2.97. The predicted molar refractivity (Wildman–Crippen MR) is 76.3 cm³/mol. The van der Waals surface area contributed by atoms with Crippen molar-refractivity contribution in [2.75, 3.05) is 19.7 Å². The van der Waals surface area contributed by atoms with Crippen molar-refractivity contribution < 1.29 is 14.6 Å². The van der Waals surface area contributed by atoms with Crippen molar-refractivity contribution in [1.29, 1.82) is 0 Å². The molecule has 0 spiro atoms. The molecular weight excluding hydrogens is 278 g/mol. The van der Waals surface area contributed by atoms with Crippen molar-refractivity contribution in [3.63, 3.8) is 0 Å². The molecule has 0 amide bonds. The van der Waals surface area contributed by atoms with E-state index >= 15 is 0 Å². The second kappa shape index (κ2) is 4.93. The van der Waals surface area contributed by atoms with E-state index in [2.05, 4.69) is 4.90 Å². The van der Waals surface area contributed by atoms with Gasteiger partial charge < -0.3 is 9.84 Å². The topological polar surface area (TPSA) is 49.8 Å². The Hall–Kier alpha value is -1.26. The first-order valence-corrected chi connectivity index (χ1v) is 7.26. The highest BCUT2D eigenvalue weighted by Gasteiger charge is 2.40. The van der Waals surface area contributed by atoms with Gasteiger partial charge in [0.15, 0.2) is 0 Å². The lowest BCUT2D eigenvalue weighted by molar-refractivity contribution is -0.147. The van der Waals surface area contributed by atoms with E-state index in [9.17, 15) is 9.90 Å². The van der Waals surface area contributed by atoms with Crippen LogP contribution in [0, 0.1) is 5.41 Å². The second-order valence-corrected chi connectivity index (χ2v) is 6.41. The maximum Gasteiger partial charge on any atom is 0.310 e. The van der Waals surface area contributed by atoms with Gasteiger partial charge in [0.05, 0.1) is 12.0 Å². The van der Waals surface area contributed by atoms with Crippen LogP contribution < -0.4 is 4.74 Å². The van der Waals surface area contributed by atoms with E-state index in [0.29, 0.717) is 26.1 Å². The zero-order valence-corrected chi connectivity index (χ0v) is 12.2. The molecule has 0 aromatic heterocycles. The SMILES string of the molecule is CC1(C(=O)O)CCN(Cc2cc(Cl)cc3c2OCC3)C1. The molecule has 1 unspecified atom stereocenters. The van der Waals surface area contributed by atoms with E-state index in [1.54, 1.807) is 0 Å². The van der Waals surface area contributed by atoms with Crippen LogP contribution in [0.2, 0.25) is 5.02 Å². The zero-order chi connectivity index (χ0) is 14.3. The summed E-state index contributed by atoms with van der Waals surface area (Å²) in [7, 11) is 0. The second-order valence-electron chi connectivity index (χ2n) is 5.98. The summed E-state index contributed by atoms with van der Waals surface area (Å²) in [6.07, 6.45) is 1.59. The fourth-order valence-corrected chi connectivity index (χ4v) is 3.33.